The highest BCUT2D eigenvalue weighted by molar-refractivity contribution is 5.90. The Morgan fingerprint density at radius 3 is 2.06 bits per heavy atom. The van der Waals surface area contributed by atoms with Crippen LogP contribution >= 0.6 is 0 Å². The second-order valence-electron chi connectivity index (χ2n) is 17.0. The van der Waals surface area contributed by atoms with Crippen LogP contribution in [0.3, 0.4) is 0 Å². The van der Waals surface area contributed by atoms with Gasteiger partial charge in [0.05, 0.1) is 12.2 Å². The minimum absolute atomic E-state index is 0.0142. The Bertz CT molecular complexity index is 1460. The van der Waals surface area contributed by atoms with Crippen LogP contribution in [0.2, 0.25) is 0 Å². The molecule has 0 aromatic heterocycles. The Kier molecular flexibility index (Phi) is 12.1. The van der Waals surface area contributed by atoms with E-state index in [1.165, 1.54) is 38.8 Å². The van der Waals surface area contributed by atoms with Crippen LogP contribution in [0, 0.1) is 40.4 Å². The lowest BCUT2D eigenvalue weighted by molar-refractivity contribution is -0.314. The Morgan fingerprint density at radius 1 is 0.827 bits per heavy atom. The molecule has 4 fully saturated rings. The van der Waals surface area contributed by atoms with E-state index in [-0.39, 0.29) is 46.6 Å². The average molecular weight is 729 g/mol. The first-order valence-corrected chi connectivity index (χ1v) is 19.2. The fourth-order valence-electron chi connectivity index (χ4n) is 10.8. The zero-order valence-electron chi connectivity index (χ0n) is 32.7. The van der Waals surface area contributed by atoms with Crippen LogP contribution in [0.5, 0.6) is 0 Å². The number of ether oxygens (including phenoxy) is 6. The maximum absolute atomic E-state index is 12.8. The summed E-state index contributed by atoms with van der Waals surface area (Å²) in [6, 6.07) is 0. The molecule has 52 heavy (non-hydrogen) atoms. The second-order valence-corrected chi connectivity index (χ2v) is 17.0. The van der Waals surface area contributed by atoms with Crippen LogP contribution < -0.4 is 0 Å². The molecule has 0 radical (unpaired) electrons. The highest BCUT2D eigenvalue weighted by Gasteiger charge is 2.61. The molecule has 0 amide bonds. The van der Waals surface area contributed by atoms with Crippen molar-refractivity contribution in [2.75, 3.05) is 0 Å². The number of ketones is 1. The summed E-state index contributed by atoms with van der Waals surface area (Å²) >= 11 is 0. The van der Waals surface area contributed by atoms with E-state index < -0.39 is 48.6 Å². The van der Waals surface area contributed by atoms with E-state index >= 15 is 0 Å². The molecule has 5 rings (SSSR count). The zero-order valence-corrected chi connectivity index (χ0v) is 32.7. The molecule has 0 bridgehead atoms. The molecule has 1 saturated heterocycles. The predicted molar refractivity (Wildman–Crippen MR) is 190 cm³/mol. The number of esters is 4. The van der Waals surface area contributed by atoms with E-state index in [1.54, 1.807) is 6.92 Å². The van der Waals surface area contributed by atoms with Crippen LogP contribution in [-0.2, 0) is 52.4 Å². The lowest BCUT2D eigenvalue weighted by Gasteiger charge is -2.59. The maximum Gasteiger partial charge on any atom is 0.303 e. The monoisotopic (exact) mass is 728 g/mol. The number of carbonyl (C=O) groups is 5. The molecule has 4 aliphatic carbocycles. The number of hydrogen-bond acceptors (Lipinski definition) is 11. The highest BCUT2D eigenvalue weighted by Crippen LogP contribution is 2.66. The molecule has 11 heteroatoms. The number of fused-ring (bicyclic) bond motifs is 5. The summed E-state index contributed by atoms with van der Waals surface area (Å²) in [6.45, 7) is 17.9. The molecule has 13 atom stereocenters. The lowest BCUT2D eigenvalue weighted by atomic mass is 9.47. The van der Waals surface area contributed by atoms with Gasteiger partial charge in [-0.3, -0.25) is 24.0 Å². The van der Waals surface area contributed by atoms with E-state index in [0.717, 1.165) is 32.1 Å². The van der Waals surface area contributed by atoms with Crippen LogP contribution in [0.15, 0.2) is 23.3 Å². The maximum atomic E-state index is 12.8. The molecule has 0 aromatic rings. The van der Waals surface area contributed by atoms with Gasteiger partial charge in [-0.15, -0.1) is 0 Å². The number of allylic oxidation sites excluding steroid dienone is 4. The van der Waals surface area contributed by atoms with Crippen molar-refractivity contribution >= 4 is 29.7 Å². The van der Waals surface area contributed by atoms with Crippen molar-refractivity contribution in [2.24, 2.45) is 40.4 Å². The van der Waals surface area contributed by atoms with Gasteiger partial charge < -0.3 is 28.4 Å². The van der Waals surface area contributed by atoms with Crippen molar-refractivity contribution in [1.82, 2.24) is 0 Å². The Balaban J connectivity index is 1.40. The third-order valence-corrected chi connectivity index (χ3v) is 12.8. The van der Waals surface area contributed by atoms with Crippen molar-refractivity contribution in [3.63, 3.8) is 0 Å². The first-order chi connectivity index (χ1) is 24.3. The summed E-state index contributed by atoms with van der Waals surface area (Å²) < 4.78 is 35.7. The molecule has 3 saturated carbocycles. The zero-order chi connectivity index (χ0) is 38.3. The molecule has 290 valence electrons. The summed E-state index contributed by atoms with van der Waals surface area (Å²) in [6.07, 6.45) is 4.95. The number of rotatable bonds is 10. The Hall–Kier alpha value is -3.05. The van der Waals surface area contributed by atoms with Gasteiger partial charge in [-0.25, -0.2) is 0 Å². The van der Waals surface area contributed by atoms with Gasteiger partial charge >= 0.3 is 23.9 Å². The predicted octanol–water partition coefficient (Wildman–Crippen LogP) is 6.59. The van der Waals surface area contributed by atoms with Crippen molar-refractivity contribution in [1.29, 1.82) is 0 Å². The van der Waals surface area contributed by atoms with Gasteiger partial charge in [-0.2, -0.15) is 0 Å². The van der Waals surface area contributed by atoms with Gasteiger partial charge in [-0.1, -0.05) is 44.9 Å². The Labute approximate surface area is 308 Å². The van der Waals surface area contributed by atoms with Gasteiger partial charge in [0.15, 0.2) is 30.4 Å². The third-order valence-electron chi connectivity index (χ3n) is 12.8. The van der Waals surface area contributed by atoms with Crippen molar-refractivity contribution in [2.45, 2.75) is 164 Å². The van der Waals surface area contributed by atoms with E-state index in [2.05, 4.69) is 40.7 Å². The number of hydrogen-bond donors (Lipinski definition) is 0. The smallest absolute Gasteiger partial charge is 0.303 e. The van der Waals surface area contributed by atoms with E-state index in [9.17, 15) is 24.0 Å². The van der Waals surface area contributed by atoms with Crippen molar-refractivity contribution in [3.05, 3.63) is 23.3 Å². The van der Waals surface area contributed by atoms with Gasteiger partial charge in [0, 0.05) is 40.0 Å². The summed E-state index contributed by atoms with van der Waals surface area (Å²) in [5.74, 6) is -0.652. The fourth-order valence-corrected chi connectivity index (χ4v) is 10.8. The first-order valence-electron chi connectivity index (χ1n) is 19.2. The van der Waals surface area contributed by atoms with E-state index in [4.69, 9.17) is 28.4 Å². The molecule has 1 heterocycles. The summed E-state index contributed by atoms with van der Waals surface area (Å²) in [4.78, 5) is 61.8. The van der Waals surface area contributed by atoms with Gasteiger partial charge in [-0.05, 0) is 99.4 Å². The lowest BCUT2D eigenvalue weighted by Crippen LogP contribution is -2.62. The molecule has 11 nitrogen and oxygen atoms in total. The summed E-state index contributed by atoms with van der Waals surface area (Å²) in [5, 5.41) is 0. The van der Waals surface area contributed by atoms with Crippen molar-refractivity contribution < 1.29 is 52.4 Å². The molecular weight excluding hydrogens is 668 g/mol. The summed E-state index contributed by atoms with van der Waals surface area (Å²) in [5.41, 5.74) is 2.43. The third kappa shape index (κ3) is 8.20. The van der Waals surface area contributed by atoms with Crippen LogP contribution in [-0.4, -0.2) is 72.6 Å². The quantitative estimate of drug-likeness (QED) is 0.0791. The molecule has 0 aromatic carbocycles. The van der Waals surface area contributed by atoms with Crippen LogP contribution in [0.1, 0.15) is 121 Å². The highest BCUT2D eigenvalue weighted by atomic mass is 16.7. The molecule has 0 N–H and O–H groups in total. The molecule has 0 unspecified atom stereocenters. The second kappa shape index (κ2) is 15.7. The van der Waals surface area contributed by atoms with Crippen LogP contribution in [0.4, 0.5) is 0 Å². The largest absolute Gasteiger partial charge is 0.462 e. The molecule has 5 aliphatic rings. The van der Waals surface area contributed by atoms with Gasteiger partial charge in [0.2, 0.25) is 0 Å². The summed E-state index contributed by atoms with van der Waals surface area (Å²) in [7, 11) is 0. The Morgan fingerprint density at radius 2 is 1.44 bits per heavy atom. The SMILES string of the molecule is CC(=O)O[C@H]1[C@@H](OC(C)=O)[C@@H](C)O[C@@H](O[C@H]2CC[C@]3(C)C4=CC[C@]5(C)[C@@H](/C(C)=C\C(=O)CC(C)C)CC[C@H]5[C@@H]4C[C@H](OC(C)=O)[C@H]3C2)[C@@H]1OC(C)=O. The standard InChI is InChI=1S/C41H60O11/c1-21(2)17-28(46)18-22(3)31-11-12-32-30-20-35(48-24(5)42)34-19-29(13-15-41(34,10)33(30)14-16-40(31,32)9)52-39-38(51-27(8)45)37(50-26(7)44)36(23(4)47-39)49-25(6)43/h14,18,21,23,29-32,34-39H,11-13,15-17,19-20H2,1-10H3/b22-18-/t23-,29+,30+,31-,32+,34-,35+,36+,37+,38-,39+,40-,41-/m1/s1. The van der Waals surface area contributed by atoms with E-state index in [1.807, 2.05) is 6.08 Å². The molecule has 1 aliphatic heterocycles. The van der Waals surface area contributed by atoms with Crippen LogP contribution in [0.25, 0.3) is 0 Å². The topological polar surface area (TPSA) is 141 Å². The van der Waals surface area contributed by atoms with Gasteiger partial charge in [0.25, 0.3) is 0 Å². The molecular formula is C41H60O11. The fraction of sp³-hybridized carbons (Fsp3) is 0.780. The van der Waals surface area contributed by atoms with Crippen molar-refractivity contribution in [3.8, 4) is 0 Å². The average Bonchev–Trinajstić information content (AvgIpc) is 3.37. The van der Waals surface area contributed by atoms with E-state index in [0.29, 0.717) is 37.0 Å². The number of carbonyl (C=O) groups excluding carboxylic acids is 5. The minimum atomic E-state index is -1.18. The van der Waals surface area contributed by atoms with Gasteiger partial charge in [0.1, 0.15) is 6.10 Å². The normalized spacial score (nSPS) is 40.0. The minimum Gasteiger partial charge on any atom is -0.462 e. The first kappa shape index (κ1) is 40.1. The molecule has 0 spiro atoms.